The van der Waals surface area contributed by atoms with Crippen molar-refractivity contribution in [3.05, 3.63) is 48.2 Å². The summed E-state index contributed by atoms with van der Waals surface area (Å²) >= 11 is 1.79. The molecule has 0 radical (unpaired) electrons. The van der Waals surface area contributed by atoms with Gasteiger partial charge in [-0.25, -0.2) is 0 Å². The molecule has 62 valence electrons. The number of hydrogen-bond acceptors (Lipinski definition) is 1. The summed E-state index contributed by atoms with van der Waals surface area (Å²) in [7, 11) is 0. The minimum absolute atomic E-state index is 0.980. The van der Waals surface area contributed by atoms with Crippen LogP contribution in [0.3, 0.4) is 0 Å². The Hall–Kier alpha value is -0.910. The molecule has 0 fully saturated rings. The molecule has 0 nitrogen and oxygen atoms in total. The first-order valence-corrected chi connectivity index (χ1v) is 5.21. The second-order valence-corrected chi connectivity index (χ2v) is 3.32. The normalized spacial score (nSPS) is 9.08. The van der Waals surface area contributed by atoms with Gasteiger partial charge >= 0.3 is 0 Å². The van der Waals surface area contributed by atoms with Gasteiger partial charge in [0.05, 0.1) is 0 Å². The van der Waals surface area contributed by atoms with E-state index in [1.54, 1.807) is 11.8 Å². The van der Waals surface area contributed by atoms with Crippen LogP contribution in [0.25, 0.3) is 5.57 Å². The average molecular weight is 176 g/mol. The summed E-state index contributed by atoms with van der Waals surface area (Å²) in [5.41, 5.74) is 5.37. The van der Waals surface area contributed by atoms with Gasteiger partial charge in [-0.05, 0) is 11.8 Å². The predicted octanol–water partition coefficient (Wildman–Crippen LogP) is 3.22. The molecule has 0 saturated carbocycles. The lowest BCUT2D eigenvalue weighted by Crippen LogP contribution is -1.84. The van der Waals surface area contributed by atoms with Gasteiger partial charge in [0.2, 0.25) is 0 Å². The minimum atomic E-state index is 0.980. The Labute approximate surface area is 78.0 Å². The number of benzene rings is 1. The van der Waals surface area contributed by atoms with Gasteiger partial charge in [0.25, 0.3) is 0 Å². The quantitative estimate of drug-likeness (QED) is 0.637. The molecular formula is C11H12S. The second-order valence-electron chi connectivity index (χ2n) is 2.45. The molecule has 0 saturated heterocycles. The number of hydrogen-bond donors (Lipinski definition) is 0. The van der Waals surface area contributed by atoms with Crippen molar-refractivity contribution >= 4 is 17.3 Å². The van der Waals surface area contributed by atoms with Gasteiger partial charge < -0.3 is 0 Å². The summed E-state index contributed by atoms with van der Waals surface area (Å²) in [6, 6.07) is 10.3. The molecule has 0 atom stereocenters. The van der Waals surface area contributed by atoms with Crippen molar-refractivity contribution < 1.29 is 0 Å². The molecular weight excluding hydrogens is 164 g/mol. The van der Waals surface area contributed by atoms with E-state index >= 15 is 0 Å². The van der Waals surface area contributed by atoms with E-state index in [2.05, 4.69) is 30.7 Å². The number of rotatable bonds is 3. The second kappa shape index (κ2) is 4.87. The van der Waals surface area contributed by atoms with Crippen LogP contribution in [0.15, 0.2) is 42.6 Å². The van der Waals surface area contributed by atoms with Gasteiger partial charge in [-0.3, -0.25) is 0 Å². The molecule has 1 heteroatoms. The fourth-order valence-electron chi connectivity index (χ4n) is 1.02. The Kier molecular flexibility index (Phi) is 3.72. The third-order valence-electron chi connectivity index (χ3n) is 1.62. The third kappa shape index (κ3) is 2.30. The smallest absolute Gasteiger partial charge is 0.0261 e. The van der Waals surface area contributed by atoms with Gasteiger partial charge in [0.1, 0.15) is 0 Å². The van der Waals surface area contributed by atoms with Gasteiger partial charge in [0, 0.05) is 11.3 Å². The van der Waals surface area contributed by atoms with Crippen molar-refractivity contribution in [1.82, 2.24) is 0 Å². The monoisotopic (exact) mass is 176 g/mol. The van der Waals surface area contributed by atoms with E-state index in [0.29, 0.717) is 0 Å². The van der Waals surface area contributed by atoms with Crippen LogP contribution in [-0.2, 0) is 0 Å². The maximum Gasteiger partial charge on any atom is 0.0261 e. The zero-order valence-corrected chi connectivity index (χ0v) is 8.03. The van der Waals surface area contributed by atoms with E-state index in [1.165, 1.54) is 11.1 Å². The van der Waals surface area contributed by atoms with Gasteiger partial charge in [-0.1, -0.05) is 36.9 Å². The van der Waals surface area contributed by atoms with Crippen LogP contribution < -0.4 is 0 Å². The third-order valence-corrected chi connectivity index (χ3v) is 2.20. The van der Waals surface area contributed by atoms with E-state index in [1.807, 2.05) is 18.2 Å². The maximum atomic E-state index is 3.68. The van der Waals surface area contributed by atoms with Crippen LogP contribution >= 0.6 is 11.8 Å². The summed E-state index contributed by atoms with van der Waals surface area (Å²) in [6.07, 6.45) is 2.08. The van der Waals surface area contributed by atoms with Gasteiger partial charge in [-0.2, -0.15) is 11.8 Å². The van der Waals surface area contributed by atoms with Crippen molar-refractivity contribution in [2.75, 3.05) is 12.0 Å². The van der Waals surface area contributed by atoms with E-state index in [-0.39, 0.29) is 0 Å². The average Bonchev–Trinajstić information content (AvgIpc) is 2.15. The molecule has 0 amide bonds. The lowest BCUT2D eigenvalue weighted by atomic mass is 10.1. The van der Waals surface area contributed by atoms with Crippen LogP contribution in [0.4, 0.5) is 0 Å². The Balaban J connectivity index is 2.89. The molecule has 0 aliphatic carbocycles. The highest BCUT2D eigenvalue weighted by Crippen LogP contribution is 2.16. The van der Waals surface area contributed by atoms with Crippen molar-refractivity contribution in [3.63, 3.8) is 0 Å². The molecule has 1 aromatic rings. The Morgan fingerprint density at radius 3 is 2.58 bits per heavy atom. The Morgan fingerprint density at radius 1 is 1.42 bits per heavy atom. The molecule has 0 N–H and O–H groups in total. The summed E-state index contributed by atoms with van der Waals surface area (Å²) in [5.74, 6) is 0.980. The van der Waals surface area contributed by atoms with E-state index < -0.39 is 0 Å². The highest BCUT2D eigenvalue weighted by Gasteiger charge is 1.96. The van der Waals surface area contributed by atoms with Crippen molar-refractivity contribution in [2.24, 2.45) is 0 Å². The fraction of sp³-hybridized carbons (Fsp3) is 0.182. The molecule has 0 aliphatic rings. The molecule has 0 aliphatic heterocycles. The first-order chi connectivity index (χ1) is 5.88. The molecule has 0 spiro atoms. The summed E-state index contributed by atoms with van der Waals surface area (Å²) in [5, 5.41) is 0. The van der Waals surface area contributed by atoms with Crippen molar-refractivity contribution in [3.8, 4) is 0 Å². The van der Waals surface area contributed by atoms with Crippen LogP contribution in [0.5, 0.6) is 0 Å². The van der Waals surface area contributed by atoms with Crippen LogP contribution in [0.2, 0.25) is 0 Å². The van der Waals surface area contributed by atoms with E-state index in [9.17, 15) is 0 Å². The van der Waals surface area contributed by atoms with E-state index in [0.717, 1.165) is 5.75 Å². The summed E-state index contributed by atoms with van der Waals surface area (Å²) in [4.78, 5) is 0. The predicted molar refractivity (Wildman–Crippen MR) is 57.4 cm³/mol. The topological polar surface area (TPSA) is 0 Å². The lowest BCUT2D eigenvalue weighted by molar-refractivity contribution is 1.59. The zero-order valence-electron chi connectivity index (χ0n) is 7.21. The molecule has 0 aromatic heterocycles. The van der Waals surface area contributed by atoms with Crippen LogP contribution in [0, 0.1) is 0 Å². The van der Waals surface area contributed by atoms with Crippen LogP contribution in [0.1, 0.15) is 5.56 Å². The standard InChI is InChI=1S/C11H12S/c1-3-10(9-12-2)11-7-5-4-6-8-11/h4-8H,1,9H2,2H3. The van der Waals surface area contributed by atoms with Gasteiger partial charge in [0.15, 0.2) is 0 Å². The molecule has 0 heterocycles. The van der Waals surface area contributed by atoms with E-state index in [4.69, 9.17) is 0 Å². The first kappa shape index (κ1) is 9.18. The minimum Gasteiger partial charge on any atom is -0.160 e. The van der Waals surface area contributed by atoms with Gasteiger partial charge in [-0.15, -0.1) is 5.73 Å². The lowest BCUT2D eigenvalue weighted by Gasteiger charge is -2.01. The van der Waals surface area contributed by atoms with Crippen molar-refractivity contribution in [2.45, 2.75) is 0 Å². The molecule has 1 rings (SSSR count). The highest BCUT2D eigenvalue weighted by molar-refractivity contribution is 7.99. The van der Waals surface area contributed by atoms with Crippen molar-refractivity contribution in [1.29, 1.82) is 0 Å². The fourth-order valence-corrected chi connectivity index (χ4v) is 1.58. The largest absolute Gasteiger partial charge is 0.160 e. The Bertz CT molecular complexity index is 281. The maximum absolute atomic E-state index is 3.68. The SMILES string of the molecule is C=C=C(CSC)c1ccccc1. The first-order valence-electron chi connectivity index (χ1n) is 3.81. The summed E-state index contributed by atoms with van der Waals surface area (Å²) < 4.78 is 0. The zero-order chi connectivity index (χ0) is 8.81. The summed E-state index contributed by atoms with van der Waals surface area (Å²) in [6.45, 7) is 3.68. The molecule has 12 heavy (non-hydrogen) atoms. The molecule has 0 unspecified atom stereocenters. The molecule has 1 aromatic carbocycles. The Morgan fingerprint density at radius 2 is 2.08 bits per heavy atom. The van der Waals surface area contributed by atoms with Crippen LogP contribution in [-0.4, -0.2) is 12.0 Å². The number of thioether (sulfide) groups is 1. The highest BCUT2D eigenvalue weighted by atomic mass is 32.2. The molecule has 0 bridgehead atoms.